The number of hydrogen-bond donors (Lipinski definition) is 3. The van der Waals surface area contributed by atoms with Crippen LogP contribution in [-0.4, -0.2) is 49.9 Å². The van der Waals surface area contributed by atoms with Gasteiger partial charge in [0, 0.05) is 30.5 Å². The van der Waals surface area contributed by atoms with Crippen LogP contribution in [0.15, 0.2) is 79.6 Å². The Bertz CT molecular complexity index is 899. The molecular formula is C22H26N4O2. The molecule has 0 amide bonds. The Morgan fingerprint density at radius 1 is 1.36 bits per heavy atom. The second-order valence-electron chi connectivity index (χ2n) is 6.68. The lowest BCUT2D eigenvalue weighted by molar-refractivity contribution is 0.164. The molecule has 2 aromatic rings. The van der Waals surface area contributed by atoms with Gasteiger partial charge < -0.3 is 20.0 Å². The number of aliphatic hydroxyl groups excluding tert-OH is 1. The molecule has 1 fully saturated rings. The summed E-state index contributed by atoms with van der Waals surface area (Å²) in [5, 5.41) is 26.5. The summed E-state index contributed by atoms with van der Waals surface area (Å²) < 4.78 is 0. The molecule has 1 aliphatic rings. The van der Waals surface area contributed by atoms with E-state index in [9.17, 15) is 10.2 Å². The Morgan fingerprint density at radius 2 is 2.18 bits per heavy atom. The molecule has 1 aromatic heterocycles. The largest absolute Gasteiger partial charge is 0.508 e. The lowest BCUT2D eigenvalue weighted by Gasteiger charge is -2.31. The van der Waals surface area contributed by atoms with Crippen LogP contribution in [0.4, 0.5) is 0 Å². The number of H-pyrrole nitrogens is 1. The molecule has 1 aromatic carbocycles. The zero-order chi connectivity index (χ0) is 20.1. The fraction of sp³-hybridized carbons (Fsp3) is 0.227. The molecule has 0 saturated carbocycles. The van der Waals surface area contributed by atoms with E-state index in [4.69, 9.17) is 0 Å². The van der Waals surface area contributed by atoms with Crippen molar-refractivity contribution in [2.45, 2.75) is 13.0 Å². The molecule has 1 atom stereocenters. The molecule has 6 nitrogen and oxygen atoms in total. The van der Waals surface area contributed by atoms with Crippen molar-refractivity contribution in [2.75, 3.05) is 19.7 Å². The van der Waals surface area contributed by atoms with Gasteiger partial charge in [-0.3, -0.25) is 5.10 Å². The van der Waals surface area contributed by atoms with Crippen LogP contribution in [0.2, 0.25) is 0 Å². The molecule has 1 aliphatic heterocycles. The molecule has 6 heteroatoms. The Balaban J connectivity index is 1.78. The smallest absolute Gasteiger partial charge is 0.115 e. The third-order valence-electron chi connectivity index (χ3n) is 4.99. The lowest BCUT2D eigenvalue weighted by atomic mass is 10.1. The van der Waals surface area contributed by atoms with Crippen molar-refractivity contribution in [1.29, 1.82) is 0 Å². The van der Waals surface area contributed by atoms with E-state index in [1.54, 1.807) is 30.5 Å². The number of aromatic hydroxyl groups is 1. The summed E-state index contributed by atoms with van der Waals surface area (Å²) in [5.74, 6) is 1.02. The van der Waals surface area contributed by atoms with Gasteiger partial charge in [0.2, 0.25) is 0 Å². The molecule has 1 saturated heterocycles. The number of nitrogens with one attached hydrogen (secondary N) is 1. The van der Waals surface area contributed by atoms with Gasteiger partial charge in [0.15, 0.2) is 0 Å². The van der Waals surface area contributed by atoms with Gasteiger partial charge in [-0.05, 0) is 36.3 Å². The molecule has 28 heavy (non-hydrogen) atoms. The van der Waals surface area contributed by atoms with Gasteiger partial charge >= 0.3 is 0 Å². The van der Waals surface area contributed by atoms with Crippen molar-refractivity contribution in [3.05, 3.63) is 90.7 Å². The molecule has 2 heterocycles. The first kappa shape index (κ1) is 19.5. The van der Waals surface area contributed by atoms with E-state index in [1.807, 2.05) is 31.3 Å². The van der Waals surface area contributed by atoms with Crippen molar-refractivity contribution in [2.24, 2.45) is 0 Å². The first-order valence-electron chi connectivity index (χ1n) is 9.18. The average molecular weight is 378 g/mol. The summed E-state index contributed by atoms with van der Waals surface area (Å²) in [6.07, 6.45) is 9.41. The van der Waals surface area contributed by atoms with E-state index >= 15 is 0 Å². The molecule has 146 valence electrons. The Kier molecular flexibility index (Phi) is 6.01. The third-order valence-corrected chi connectivity index (χ3v) is 4.99. The van der Waals surface area contributed by atoms with Crippen LogP contribution in [0.5, 0.6) is 5.75 Å². The second-order valence-corrected chi connectivity index (χ2v) is 6.68. The SMILES string of the molecule is C=C/C(=C\C=C(/C)N1CCN(C(CO)c2cccc(O)c2)C1=C)c1cn[nH]c1. The zero-order valence-electron chi connectivity index (χ0n) is 16.0. The van der Waals surface area contributed by atoms with Crippen LogP contribution in [-0.2, 0) is 0 Å². The van der Waals surface area contributed by atoms with E-state index in [-0.39, 0.29) is 18.4 Å². The third kappa shape index (κ3) is 4.02. The maximum absolute atomic E-state index is 9.96. The first-order chi connectivity index (χ1) is 13.5. The number of phenols is 1. The second kappa shape index (κ2) is 8.63. The van der Waals surface area contributed by atoms with Crippen molar-refractivity contribution >= 4 is 5.57 Å². The van der Waals surface area contributed by atoms with Gasteiger partial charge in [-0.15, -0.1) is 0 Å². The summed E-state index contributed by atoms with van der Waals surface area (Å²) in [6.45, 7) is 11.6. The Hall–Kier alpha value is -3.25. The maximum Gasteiger partial charge on any atom is 0.115 e. The summed E-state index contributed by atoms with van der Waals surface area (Å²) in [5.41, 5.74) is 3.86. The van der Waals surface area contributed by atoms with E-state index in [2.05, 4.69) is 33.2 Å². The fourth-order valence-corrected chi connectivity index (χ4v) is 3.44. The number of benzene rings is 1. The Labute approximate surface area is 165 Å². The highest BCUT2D eigenvalue weighted by atomic mass is 16.3. The van der Waals surface area contributed by atoms with E-state index in [0.29, 0.717) is 0 Å². The molecular weight excluding hydrogens is 352 g/mol. The molecule has 0 bridgehead atoms. The summed E-state index contributed by atoms with van der Waals surface area (Å²) in [4.78, 5) is 4.19. The molecule has 0 radical (unpaired) electrons. The monoisotopic (exact) mass is 378 g/mol. The number of rotatable bonds is 7. The number of aromatic amines is 1. The molecule has 3 N–H and O–H groups in total. The first-order valence-corrected chi connectivity index (χ1v) is 9.18. The van der Waals surface area contributed by atoms with Gasteiger partial charge in [-0.25, -0.2) is 0 Å². The van der Waals surface area contributed by atoms with Crippen LogP contribution in [0.3, 0.4) is 0 Å². The van der Waals surface area contributed by atoms with Crippen LogP contribution < -0.4 is 0 Å². The van der Waals surface area contributed by atoms with Crippen molar-refractivity contribution in [3.8, 4) is 5.75 Å². The Morgan fingerprint density at radius 3 is 2.82 bits per heavy atom. The predicted molar refractivity (Wildman–Crippen MR) is 111 cm³/mol. The molecule has 3 rings (SSSR count). The zero-order valence-corrected chi connectivity index (χ0v) is 16.0. The molecule has 0 spiro atoms. The van der Waals surface area contributed by atoms with Gasteiger partial charge in [0.1, 0.15) is 11.6 Å². The van der Waals surface area contributed by atoms with E-state index < -0.39 is 0 Å². The van der Waals surface area contributed by atoms with E-state index in [0.717, 1.165) is 41.3 Å². The summed E-state index contributed by atoms with van der Waals surface area (Å²) in [7, 11) is 0. The van der Waals surface area contributed by atoms with Gasteiger partial charge in [0.25, 0.3) is 0 Å². The topological polar surface area (TPSA) is 75.6 Å². The minimum Gasteiger partial charge on any atom is -0.508 e. The highest BCUT2D eigenvalue weighted by Crippen LogP contribution is 2.32. The standard InChI is InChI=1S/C22H26N4O2/c1-4-18(20-13-23-24-14-20)9-8-16(2)25-10-11-26(17(25)3)22(15-27)19-6-5-7-21(28)12-19/h4-9,12-14,22,27-28H,1,3,10-11,15H2,2H3,(H,23,24)/b16-8+,18-9+. The number of aliphatic hydroxyl groups is 1. The number of allylic oxidation sites excluding steroid dienone is 5. The number of nitrogens with zero attached hydrogens (tertiary/aromatic N) is 3. The number of phenolic OH excluding ortho intramolecular Hbond substituents is 1. The minimum absolute atomic E-state index is 0.0555. The number of aromatic nitrogens is 2. The average Bonchev–Trinajstić information content (AvgIpc) is 3.34. The number of hydrogen-bond acceptors (Lipinski definition) is 5. The van der Waals surface area contributed by atoms with Gasteiger partial charge in [-0.2, -0.15) is 5.10 Å². The quantitative estimate of drug-likeness (QED) is 0.644. The van der Waals surface area contributed by atoms with E-state index in [1.165, 1.54) is 0 Å². The van der Waals surface area contributed by atoms with Crippen LogP contribution in [0.1, 0.15) is 24.1 Å². The van der Waals surface area contributed by atoms with Gasteiger partial charge in [-0.1, -0.05) is 37.4 Å². The summed E-state index contributed by atoms with van der Waals surface area (Å²) in [6, 6.07) is 6.75. The van der Waals surface area contributed by atoms with Crippen molar-refractivity contribution in [1.82, 2.24) is 20.0 Å². The molecule has 0 aliphatic carbocycles. The highest BCUT2D eigenvalue weighted by molar-refractivity contribution is 5.73. The summed E-state index contributed by atoms with van der Waals surface area (Å²) >= 11 is 0. The van der Waals surface area contributed by atoms with Gasteiger partial charge in [0.05, 0.1) is 18.8 Å². The lowest BCUT2D eigenvalue weighted by Crippen LogP contribution is -2.28. The molecule has 1 unspecified atom stereocenters. The fourth-order valence-electron chi connectivity index (χ4n) is 3.44. The predicted octanol–water partition coefficient (Wildman–Crippen LogP) is 3.41. The van der Waals surface area contributed by atoms with Crippen molar-refractivity contribution < 1.29 is 10.2 Å². The highest BCUT2D eigenvalue weighted by Gasteiger charge is 2.30. The van der Waals surface area contributed by atoms with Crippen LogP contribution >= 0.6 is 0 Å². The van der Waals surface area contributed by atoms with Crippen molar-refractivity contribution in [3.63, 3.8) is 0 Å². The maximum atomic E-state index is 9.96. The van der Waals surface area contributed by atoms with Crippen LogP contribution in [0, 0.1) is 0 Å². The minimum atomic E-state index is -0.248. The van der Waals surface area contributed by atoms with Crippen LogP contribution in [0.25, 0.3) is 5.57 Å². The normalized spacial score (nSPS) is 16.6.